The van der Waals surface area contributed by atoms with Crippen molar-refractivity contribution in [1.82, 2.24) is 14.9 Å². The van der Waals surface area contributed by atoms with E-state index in [1.165, 1.54) is 18.5 Å². The largest absolute Gasteiger partial charge is 0.333 e. The first kappa shape index (κ1) is 11.2. The summed E-state index contributed by atoms with van der Waals surface area (Å²) in [6, 6.07) is 0.509. The van der Waals surface area contributed by atoms with Gasteiger partial charge in [-0.1, -0.05) is 0 Å². The van der Waals surface area contributed by atoms with Crippen molar-refractivity contribution in [2.45, 2.75) is 44.7 Å². The maximum Gasteiger partial charge on any atom is 0.0948 e. The van der Waals surface area contributed by atoms with Crippen LogP contribution in [-0.4, -0.2) is 16.1 Å². The van der Waals surface area contributed by atoms with E-state index < -0.39 is 0 Å². The van der Waals surface area contributed by atoms with Crippen LogP contribution >= 0.6 is 0 Å². The van der Waals surface area contributed by atoms with Gasteiger partial charge in [-0.25, -0.2) is 4.98 Å². The van der Waals surface area contributed by atoms with Crippen molar-refractivity contribution in [2.24, 2.45) is 0 Å². The molecule has 1 aliphatic rings. The summed E-state index contributed by atoms with van der Waals surface area (Å²) in [7, 11) is 0. The average molecular weight is 217 g/mol. The number of terminal acetylenes is 1. The summed E-state index contributed by atoms with van der Waals surface area (Å²) in [6.45, 7) is 2.17. The van der Waals surface area contributed by atoms with E-state index in [0.717, 1.165) is 32.4 Å². The molecule has 1 N–H and O–H groups in total. The number of nitrogens with zero attached hydrogens (tertiary/aromatic N) is 2. The zero-order valence-corrected chi connectivity index (χ0v) is 9.65. The fraction of sp³-hybridized carbons (Fsp3) is 0.615. The van der Waals surface area contributed by atoms with Gasteiger partial charge >= 0.3 is 0 Å². The molecule has 1 fully saturated rings. The lowest BCUT2D eigenvalue weighted by Crippen LogP contribution is -2.16. The summed E-state index contributed by atoms with van der Waals surface area (Å²) >= 11 is 0. The number of aromatic nitrogens is 2. The van der Waals surface area contributed by atoms with E-state index in [9.17, 15) is 0 Å². The molecule has 0 amide bonds. The number of aryl methyl sites for hydroxylation is 1. The Hall–Kier alpha value is -1.27. The van der Waals surface area contributed by atoms with Crippen molar-refractivity contribution in [3.8, 4) is 12.3 Å². The normalized spacial score (nSPS) is 19.8. The van der Waals surface area contributed by atoms with Crippen LogP contribution in [-0.2, 0) is 6.54 Å². The lowest BCUT2D eigenvalue weighted by atomic mass is 10.1. The van der Waals surface area contributed by atoms with E-state index >= 15 is 0 Å². The zero-order valence-electron chi connectivity index (χ0n) is 9.65. The Labute approximate surface area is 97.3 Å². The Balaban J connectivity index is 1.89. The molecule has 0 radical (unpaired) electrons. The SMILES string of the molecule is C#CCCCCn1cncc1C1CCCN1. The Morgan fingerprint density at radius 2 is 2.50 bits per heavy atom. The first-order valence-corrected chi connectivity index (χ1v) is 6.08. The highest BCUT2D eigenvalue weighted by molar-refractivity contribution is 5.07. The number of hydrogen-bond acceptors (Lipinski definition) is 2. The second-order valence-corrected chi connectivity index (χ2v) is 4.32. The predicted octanol–water partition coefficient (Wildman–Crippen LogP) is 2.11. The molecule has 1 aromatic rings. The van der Waals surface area contributed by atoms with Crippen LogP contribution in [0.4, 0.5) is 0 Å². The van der Waals surface area contributed by atoms with Crippen molar-refractivity contribution in [1.29, 1.82) is 0 Å². The highest BCUT2D eigenvalue weighted by Gasteiger charge is 2.19. The van der Waals surface area contributed by atoms with Gasteiger partial charge in [0.1, 0.15) is 0 Å². The number of hydrogen-bond donors (Lipinski definition) is 1. The fourth-order valence-corrected chi connectivity index (χ4v) is 2.25. The minimum Gasteiger partial charge on any atom is -0.333 e. The fourth-order valence-electron chi connectivity index (χ4n) is 2.25. The van der Waals surface area contributed by atoms with Crippen LogP contribution in [0, 0.1) is 12.3 Å². The molecule has 86 valence electrons. The van der Waals surface area contributed by atoms with Crippen molar-refractivity contribution < 1.29 is 0 Å². The summed E-state index contributed by atoms with van der Waals surface area (Å²) < 4.78 is 2.26. The van der Waals surface area contributed by atoms with Crippen molar-refractivity contribution >= 4 is 0 Å². The Kier molecular flexibility index (Phi) is 4.01. The summed E-state index contributed by atoms with van der Waals surface area (Å²) in [5.74, 6) is 2.68. The molecule has 16 heavy (non-hydrogen) atoms. The van der Waals surface area contributed by atoms with E-state index in [2.05, 4.69) is 20.8 Å². The van der Waals surface area contributed by atoms with Gasteiger partial charge < -0.3 is 9.88 Å². The highest BCUT2D eigenvalue weighted by atomic mass is 15.1. The molecule has 1 aliphatic heterocycles. The van der Waals surface area contributed by atoms with E-state index in [4.69, 9.17) is 6.42 Å². The molecule has 1 aromatic heterocycles. The third kappa shape index (κ3) is 2.65. The molecule has 2 rings (SSSR count). The monoisotopic (exact) mass is 217 g/mol. The molecule has 0 aliphatic carbocycles. The highest BCUT2D eigenvalue weighted by Crippen LogP contribution is 2.22. The molecule has 1 saturated heterocycles. The topological polar surface area (TPSA) is 29.9 Å². The second kappa shape index (κ2) is 5.72. The molecular weight excluding hydrogens is 198 g/mol. The molecule has 2 heterocycles. The second-order valence-electron chi connectivity index (χ2n) is 4.32. The van der Waals surface area contributed by atoms with E-state index in [1.54, 1.807) is 0 Å². The standard InChI is InChI=1S/C13H19N3/c1-2-3-4-5-9-16-11-14-10-13(16)12-7-6-8-15-12/h1,10-12,15H,3-9H2. The van der Waals surface area contributed by atoms with Gasteiger partial charge in [-0.2, -0.15) is 0 Å². The van der Waals surface area contributed by atoms with Gasteiger partial charge in [-0.05, 0) is 32.2 Å². The number of imidazole rings is 1. The molecular formula is C13H19N3. The first-order valence-electron chi connectivity index (χ1n) is 6.08. The van der Waals surface area contributed by atoms with Crippen LogP contribution in [0.5, 0.6) is 0 Å². The summed E-state index contributed by atoms with van der Waals surface area (Å²) in [5, 5.41) is 3.51. The Bertz CT molecular complexity index is 355. The van der Waals surface area contributed by atoms with Crippen LogP contribution in [0.15, 0.2) is 12.5 Å². The summed E-state index contributed by atoms with van der Waals surface area (Å²) in [5.41, 5.74) is 1.33. The molecule has 1 atom stereocenters. The number of rotatable bonds is 5. The molecule has 3 heteroatoms. The van der Waals surface area contributed by atoms with Crippen LogP contribution in [0.1, 0.15) is 43.8 Å². The minimum atomic E-state index is 0.509. The number of nitrogens with one attached hydrogen (secondary N) is 1. The predicted molar refractivity (Wildman–Crippen MR) is 64.9 cm³/mol. The third-order valence-electron chi connectivity index (χ3n) is 3.13. The van der Waals surface area contributed by atoms with Gasteiger partial charge in [0.25, 0.3) is 0 Å². The maximum atomic E-state index is 5.24. The van der Waals surface area contributed by atoms with Gasteiger partial charge in [0.2, 0.25) is 0 Å². The van der Waals surface area contributed by atoms with Gasteiger partial charge in [0.15, 0.2) is 0 Å². The van der Waals surface area contributed by atoms with Crippen LogP contribution in [0.2, 0.25) is 0 Å². The molecule has 0 aromatic carbocycles. The molecule has 3 nitrogen and oxygen atoms in total. The minimum absolute atomic E-state index is 0.509. The van der Waals surface area contributed by atoms with Crippen LogP contribution in [0.3, 0.4) is 0 Å². The summed E-state index contributed by atoms with van der Waals surface area (Å²) in [4.78, 5) is 4.25. The Morgan fingerprint density at radius 3 is 3.25 bits per heavy atom. The maximum absolute atomic E-state index is 5.24. The smallest absolute Gasteiger partial charge is 0.0948 e. The van der Waals surface area contributed by atoms with Crippen molar-refractivity contribution in [3.63, 3.8) is 0 Å². The molecule has 1 unspecified atom stereocenters. The van der Waals surface area contributed by atoms with Crippen LogP contribution < -0.4 is 5.32 Å². The molecule has 0 spiro atoms. The number of unbranched alkanes of at least 4 members (excludes halogenated alkanes) is 2. The third-order valence-corrected chi connectivity index (χ3v) is 3.13. The average Bonchev–Trinajstić information content (AvgIpc) is 2.94. The lowest BCUT2D eigenvalue weighted by molar-refractivity contribution is 0.540. The first-order chi connectivity index (χ1) is 7.92. The Morgan fingerprint density at radius 1 is 1.56 bits per heavy atom. The molecule has 0 saturated carbocycles. The van der Waals surface area contributed by atoms with E-state index in [1.807, 2.05) is 12.5 Å². The van der Waals surface area contributed by atoms with E-state index in [-0.39, 0.29) is 0 Å². The quantitative estimate of drug-likeness (QED) is 0.604. The molecule has 0 bridgehead atoms. The van der Waals surface area contributed by atoms with Gasteiger partial charge in [-0.15, -0.1) is 12.3 Å². The van der Waals surface area contributed by atoms with Crippen molar-refractivity contribution in [2.75, 3.05) is 6.54 Å². The van der Waals surface area contributed by atoms with Gasteiger partial charge in [-0.3, -0.25) is 0 Å². The lowest BCUT2D eigenvalue weighted by Gasteiger charge is -2.13. The van der Waals surface area contributed by atoms with Crippen LogP contribution in [0.25, 0.3) is 0 Å². The summed E-state index contributed by atoms with van der Waals surface area (Å²) in [6.07, 6.45) is 14.8. The van der Waals surface area contributed by atoms with Gasteiger partial charge in [0.05, 0.1) is 12.0 Å². The van der Waals surface area contributed by atoms with E-state index in [0.29, 0.717) is 6.04 Å². The zero-order chi connectivity index (χ0) is 11.2. The van der Waals surface area contributed by atoms with Crippen molar-refractivity contribution in [3.05, 3.63) is 18.2 Å². The van der Waals surface area contributed by atoms with Gasteiger partial charge in [0, 0.05) is 25.2 Å².